The molecule has 1 atom stereocenters. The van der Waals surface area contributed by atoms with Gasteiger partial charge in [-0.15, -0.1) is 0 Å². The van der Waals surface area contributed by atoms with Gasteiger partial charge in [-0.2, -0.15) is 13.2 Å². The van der Waals surface area contributed by atoms with Gasteiger partial charge in [-0.05, 0) is 32.2 Å². The minimum atomic E-state index is -4.79. The zero-order valence-electron chi connectivity index (χ0n) is 9.69. The fraction of sp³-hybridized carbons (Fsp3) is 0.900. The predicted octanol–water partition coefficient (Wildman–Crippen LogP) is 2.42. The molecule has 1 unspecified atom stereocenters. The van der Waals surface area contributed by atoms with E-state index in [4.69, 9.17) is 5.11 Å². The number of hydrogen-bond acceptors (Lipinski definition) is 2. The lowest BCUT2D eigenvalue weighted by molar-refractivity contribution is -0.205. The van der Waals surface area contributed by atoms with Crippen LogP contribution >= 0.6 is 0 Å². The van der Waals surface area contributed by atoms with Gasteiger partial charge in [-0.1, -0.05) is 13.8 Å². The summed E-state index contributed by atoms with van der Waals surface area (Å²) in [6, 6.07) is 0. The molecule has 16 heavy (non-hydrogen) atoms. The number of carboxylic acids is 1. The molecule has 96 valence electrons. The topological polar surface area (TPSA) is 49.3 Å². The Bertz CT molecular complexity index is 241. The molecule has 0 fully saturated rings. The standard InChI is InChI=1S/C10H18F3NO2/c1-7(2)5-4-6-14-9(3,8(15)16)10(11,12)13/h7,14H,4-6H2,1-3H3,(H,15,16). The molecule has 0 saturated carbocycles. The van der Waals surface area contributed by atoms with Crippen LogP contribution in [0.15, 0.2) is 0 Å². The lowest BCUT2D eigenvalue weighted by atomic mass is 10.0. The third-order valence-corrected chi connectivity index (χ3v) is 2.43. The summed E-state index contributed by atoms with van der Waals surface area (Å²) in [6.07, 6.45) is -3.51. The highest BCUT2D eigenvalue weighted by molar-refractivity contribution is 5.79. The molecule has 0 rings (SSSR count). The second-order valence-electron chi connectivity index (χ2n) is 4.39. The first-order chi connectivity index (χ1) is 7.11. The molecule has 0 radical (unpaired) electrons. The predicted molar refractivity (Wildman–Crippen MR) is 54.2 cm³/mol. The van der Waals surface area contributed by atoms with E-state index in [2.05, 4.69) is 5.32 Å². The SMILES string of the molecule is CC(C)CCCNC(C)(C(=O)O)C(F)(F)F. The minimum absolute atomic E-state index is 0.0422. The number of hydrogen-bond donors (Lipinski definition) is 2. The Kier molecular flexibility index (Phi) is 5.25. The first kappa shape index (κ1) is 15.2. The highest BCUT2D eigenvalue weighted by Gasteiger charge is 2.56. The van der Waals surface area contributed by atoms with Crippen LogP contribution in [0.25, 0.3) is 0 Å². The molecule has 0 spiro atoms. The molecule has 6 heteroatoms. The summed E-state index contributed by atoms with van der Waals surface area (Å²) in [6.45, 7) is 4.60. The van der Waals surface area contributed by atoms with Gasteiger partial charge in [0.1, 0.15) is 0 Å². The minimum Gasteiger partial charge on any atom is -0.480 e. The van der Waals surface area contributed by atoms with Crippen LogP contribution in [0.1, 0.15) is 33.6 Å². The van der Waals surface area contributed by atoms with Gasteiger partial charge in [0.05, 0.1) is 0 Å². The van der Waals surface area contributed by atoms with Crippen molar-refractivity contribution >= 4 is 5.97 Å². The molecule has 0 saturated heterocycles. The lowest BCUT2D eigenvalue weighted by Gasteiger charge is -2.28. The zero-order chi connectivity index (χ0) is 13.0. The molecule has 0 aromatic rings. The van der Waals surface area contributed by atoms with Crippen LogP contribution in [0.5, 0.6) is 0 Å². The van der Waals surface area contributed by atoms with Crippen LogP contribution in [0, 0.1) is 5.92 Å². The lowest BCUT2D eigenvalue weighted by Crippen LogP contribution is -2.60. The van der Waals surface area contributed by atoms with E-state index in [1.165, 1.54) is 0 Å². The fourth-order valence-corrected chi connectivity index (χ4v) is 1.15. The number of rotatable bonds is 6. The molecular weight excluding hydrogens is 223 g/mol. The van der Waals surface area contributed by atoms with Gasteiger partial charge in [0.2, 0.25) is 5.54 Å². The zero-order valence-corrected chi connectivity index (χ0v) is 9.69. The van der Waals surface area contributed by atoms with Crippen molar-refractivity contribution in [3.63, 3.8) is 0 Å². The Labute approximate surface area is 93.0 Å². The average molecular weight is 241 g/mol. The maximum Gasteiger partial charge on any atom is 0.417 e. The van der Waals surface area contributed by atoms with E-state index >= 15 is 0 Å². The maximum atomic E-state index is 12.5. The molecule has 0 amide bonds. The van der Waals surface area contributed by atoms with E-state index in [9.17, 15) is 18.0 Å². The van der Waals surface area contributed by atoms with E-state index in [1.54, 1.807) is 0 Å². The molecule has 0 aromatic heterocycles. The summed E-state index contributed by atoms with van der Waals surface area (Å²) in [4.78, 5) is 10.6. The maximum absolute atomic E-state index is 12.5. The molecule has 0 heterocycles. The highest BCUT2D eigenvalue weighted by atomic mass is 19.4. The van der Waals surface area contributed by atoms with Crippen molar-refractivity contribution in [1.82, 2.24) is 5.32 Å². The van der Waals surface area contributed by atoms with Crippen LogP contribution in [0.3, 0.4) is 0 Å². The Morgan fingerprint density at radius 2 is 1.88 bits per heavy atom. The number of halogens is 3. The van der Waals surface area contributed by atoms with E-state index in [0.29, 0.717) is 19.3 Å². The van der Waals surface area contributed by atoms with Crippen LogP contribution in [0.2, 0.25) is 0 Å². The Hall–Kier alpha value is -0.780. The molecular formula is C10H18F3NO2. The highest BCUT2D eigenvalue weighted by Crippen LogP contribution is 2.30. The summed E-state index contributed by atoms with van der Waals surface area (Å²) >= 11 is 0. The van der Waals surface area contributed by atoms with Gasteiger partial charge < -0.3 is 5.11 Å². The fourth-order valence-electron chi connectivity index (χ4n) is 1.15. The van der Waals surface area contributed by atoms with Crippen molar-refractivity contribution in [2.75, 3.05) is 6.54 Å². The second-order valence-corrected chi connectivity index (χ2v) is 4.39. The van der Waals surface area contributed by atoms with E-state index in [1.807, 2.05) is 13.8 Å². The quantitative estimate of drug-likeness (QED) is 0.702. The molecule has 0 aliphatic carbocycles. The Balaban J connectivity index is 4.32. The monoisotopic (exact) mass is 241 g/mol. The first-order valence-electron chi connectivity index (χ1n) is 5.16. The van der Waals surface area contributed by atoms with Crippen LogP contribution in [-0.2, 0) is 4.79 Å². The summed E-state index contributed by atoms with van der Waals surface area (Å²) in [5.74, 6) is -1.51. The van der Waals surface area contributed by atoms with Crippen LogP contribution < -0.4 is 5.32 Å². The Morgan fingerprint density at radius 3 is 2.19 bits per heavy atom. The summed E-state index contributed by atoms with van der Waals surface area (Å²) in [5.41, 5.74) is -2.86. The molecule has 0 bridgehead atoms. The third kappa shape index (κ3) is 4.00. The average Bonchev–Trinajstić information content (AvgIpc) is 2.09. The summed E-state index contributed by atoms with van der Waals surface area (Å²) in [5, 5.41) is 10.7. The number of carbonyl (C=O) groups is 1. The van der Waals surface area contributed by atoms with Crippen LogP contribution in [0.4, 0.5) is 13.2 Å². The smallest absolute Gasteiger partial charge is 0.417 e. The van der Waals surface area contributed by atoms with Gasteiger partial charge in [0.15, 0.2) is 0 Å². The molecule has 3 nitrogen and oxygen atoms in total. The van der Waals surface area contributed by atoms with Gasteiger partial charge in [0, 0.05) is 0 Å². The van der Waals surface area contributed by atoms with Crippen molar-refractivity contribution in [1.29, 1.82) is 0 Å². The summed E-state index contributed by atoms with van der Waals surface area (Å²) < 4.78 is 37.5. The van der Waals surface area contributed by atoms with Gasteiger partial charge >= 0.3 is 12.1 Å². The normalized spacial score (nSPS) is 16.2. The number of alkyl halides is 3. The van der Waals surface area contributed by atoms with Crippen molar-refractivity contribution in [2.45, 2.75) is 45.3 Å². The Morgan fingerprint density at radius 1 is 1.38 bits per heavy atom. The third-order valence-electron chi connectivity index (χ3n) is 2.43. The van der Waals surface area contributed by atoms with E-state index in [-0.39, 0.29) is 6.54 Å². The molecule has 2 N–H and O–H groups in total. The van der Waals surface area contributed by atoms with E-state index < -0.39 is 17.7 Å². The first-order valence-corrected chi connectivity index (χ1v) is 5.16. The second kappa shape index (κ2) is 5.52. The largest absolute Gasteiger partial charge is 0.480 e. The van der Waals surface area contributed by atoms with Gasteiger partial charge in [-0.25, -0.2) is 4.79 Å². The number of aliphatic carboxylic acids is 1. The van der Waals surface area contributed by atoms with Crippen molar-refractivity contribution in [3.8, 4) is 0 Å². The van der Waals surface area contributed by atoms with Gasteiger partial charge in [-0.3, -0.25) is 5.32 Å². The van der Waals surface area contributed by atoms with Crippen molar-refractivity contribution < 1.29 is 23.1 Å². The van der Waals surface area contributed by atoms with Crippen molar-refractivity contribution in [2.24, 2.45) is 5.92 Å². The molecule has 0 aromatic carbocycles. The molecule has 0 aliphatic rings. The van der Waals surface area contributed by atoms with E-state index in [0.717, 1.165) is 6.42 Å². The van der Waals surface area contributed by atoms with Gasteiger partial charge in [0.25, 0.3) is 0 Å². The van der Waals surface area contributed by atoms with Crippen molar-refractivity contribution in [3.05, 3.63) is 0 Å². The number of nitrogens with one attached hydrogen (secondary N) is 1. The molecule has 0 aliphatic heterocycles. The number of carboxylic acid groups (broad SMARTS) is 1. The summed E-state index contributed by atoms with van der Waals surface area (Å²) in [7, 11) is 0. The van der Waals surface area contributed by atoms with Crippen LogP contribution in [-0.4, -0.2) is 29.3 Å².